The molecule has 0 aliphatic carbocycles. The Labute approximate surface area is 108 Å². The molecule has 3 aromatic rings. The number of aromatic amines is 1. The summed E-state index contributed by atoms with van der Waals surface area (Å²) in [5.74, 6) is 1.39. The van der Waals surface area contributed by atoms with E-state index in [-0.39, 0.29) is 0 Å². The van der Waals surface area contributed by atoms with Gasteiger partial charge in [-0.05, 0) is 18.4 Å². The lowest BCUT2D eigenvalue weighted by molar-refractivity contribution is 0.950. The summed E-state index contributed by atoms with van der Waals surface area (Å²) in [6.45, 7) is 0. The fourth-order valence-corrected chi connectivity index (χ4v) is 2.61. The molecule has 0 aliphatic rings. The molecule has 5 nitrogen and oxygen atoms in total. The largest absolute Gasteiger partial charge is 0.383 e. The van der Waals surface area contributed by atoms with E-state index in [1.54, 1.807) is 11.8 Å². The predicted octanol–water partition coefficient (Wildman–Crippen LogP) is 2.27. The van der Waals surface area contributed by atoms with E-state index >= 15 is 0 Å². The van der Waals surface area contributed by atoms with Gasteiger partial charge < -0.3 is 10.3 Å². The normalized spacial score (nSPS) is 11.2. The minimum absolute atomic E-state index is 0.553. The Morgan fingerprint density at radius 3 is 2.83 bits per heavy atom. The van der Waals surface area contributed by atoms with Gasteiger partial charge in [-0.25, -0.2) is 4.98 Å². The van der Waals surface area contributed by atoms with Crippen molar-refractivity contribution in [3.8, 4) is 11.4 Å². The molecule has 0 unspecified atom stereocenters. The smallest absolute Gasteiger partial charge is 0.147 e. The van der Waals surface area contributed by atoms with Crippen molar-refractivity contribution in [1.29, 1.82) is 0 Å². The standard InChI is InChI=1S/C12H13N5S/c1-17-8-6-4-3-5-7(8)14-11(17)9-10(13)15-16-12(9)18-2/h3-6H,1-2H3,(H3,13,15,16). The molecule has 0 radical (unpaired) electrons. The van der Waals surface area contributed by atoms with Crippen molar-refractivity contribution in [2.45, 2.75) is 5.03 Å². The van der Waals surface area contributed by atoms with Gasteiger partial charge in [-0.15, -0.1) is 11.8 Å². The van der Waals surface area contributed by atoms with E-state index in [9.17, 15) is 0 Å². The molecule has 3 N–H and O–H groups in total. The van der Waals surface area contributed by atoms with Gasteiger partial charge in [-0.2, -0.15) is 5.10 Å². The number of fused-ring (bicyclic) bond motifs is 1. The molecule has 0 spiro atoms. The average Bonchev–Trinajstić information content (AvgIpc) is 2.91. The number of benzene rings is 1. The summed E-state index contributed by atoms with van der Waals surface area (Å²) in [6.07, 6.45) is 1.97. The summed E-state index contributed by atoms with van der Waals surface area (Å²) >= 11 is 1.55. The summed E-state index contributed by atoms with van der Waals surface area (Å²) < 4.78 is 2.04. The monoisotopic (exact) mass is 259 g/mol. The Morgan fingerprint density at radius 1 is 1.33 bits per heavy atom. The number of nitrogens with two attached hydrogens (primary N) is 1. The molecule has 0 saturated carbocycles. The van der Waals surface area contributed by atoms with Crippen LogP contribution in [0.3, 0.4) is 0 Å². The van der Waals surface area contributed by atoms with Crippen LogP contribution >= 0.6 is 11.8 Å². The van der Waals surface area contributed by atoms with Crippen LogP contribution in [0.25, 0.3) is 22.4 Å². The first-order valence-corrected chi connectivity index (χ1v) is 6.74. The summed E-state index contributed by atoms with van der Waals surface area (Å²) in [6, 6.07) is 8.02. The van der Waals surface area contributed by atoms with E-state index in [0.717, 1.165) is 27.4 Å². The molecule has 0 saturated heterocycles. The van der Waals surface area contributed by atoms with Crippen molar-refractivity contribution in [3.63, 3.8) is 0 Å². The number of imidazole rings is 1. The van der Waals surface area contributed by atoms with Gasteiger partial charge in [0.1, 0.15) is 16.7 Å². The lowest BCUT2D eigenvalue weighted by atomic mass is 10.3. The van der Waals surface area contributed by atoms with E-state index in [1.807, 2.05) is 42.1 Å². The van der Waals surface area contributed by atoms with Crippen LogP contribution in [0.2, 0.25) is 0 Å². The summed E-state index contributed by atoms with van der Waals surface area (Å²) in [7, 11) is 1.99. The third-order valence-corrected chi connectivity index (χ3v) is 3.65. The summed E-state index contributed by atoms with van der Waals surface area (Å²) in [4.78, 5) is 4.63. The maximum atomic E-state index is 5.95. The number of rotatable bonds is 2. The van der Waals surface area contributed by atoms with E-state index in [4.69, 9.17) is 5.73 Å². The maximum absolute atomic E-state index is 5.95. The molecule has 92 valence electrons. The molecule has 0 bridgehead atoms. The third-order valence-electron chi connectivity index (χ3n) is 2.97. The number of hydrogen-bond donors (Lipinski definition) is 2. The zero-order valence-electron chi connectivity index (χ0n) is 10.1. The van der Waals surface area contributed by atoms with Crippen molar-refractivity contribution in [3.05, 3.63) is 24.3 Å². The van der Waals surface area contributed by atoms with Gasteiger partial charge in [0.25, 0.3) is 0 Å². The fraction of sp³-hybridized carbons (Fsp3) is 0.167. The molecule has 0 fully saturated rings. The number of H-pyrrole nitrogens is 1. The Hall–Kier alpha value is -1.95. The quantitative estimate of drug-likeness (QED) is 0.692. The Kier molecular flexibility index (Phi) is 2.52. The number of aromatic nitrogens is 4. The van der Waals surface area contributed by atoms with Crippen LogP contribution in [0, 0.1) is 0 Å². The molecular weight excluding hydrogens is 246 g/mol. The number of nitrogen functional groups attached to an aromatic ring is 1. The van der Waals surface area contributed by atoms with Crippen molar-refractivity contribution in [2.24, 2.45) is 7.05 Å². The van der Waals surface area contributed by atoms with Crippen molar-refractivity contribution in [1.82, 2.24) is 19.7 Å². The Balaban J connectivity index is 2.31. The highest BCUT2D eigenvalue weighted by atomic mass is 32.2. The predicted molar refractivity (Wildman–Crippen MR) is 74.5 cm³/mol. The molecule has 0 amide bonds. The van der Waals surface area contributed by atoms with Crippen molar-refractivity contribution in [2.75, 3.05) is 12.0 Å². The SMILES string of the molecule is CSc1n[nH]c(N)c1-c1nc2ccccc2n1C. The highest BCUT2D eigenvalue weighted by Gasteiger charge is 2.18. The van der Waals surface area contributed by atoms with Crippen molar-refractivity contribution >= 4 is 28.6 Å². The molecule has 2 aromatic heterocycles. The zero-order chi connectivity index (χ0) is 12.7. The van der Waals surface area contributed by atoms with Gasteiger partial charge in [-0.3, -0.25) is 5.10 Å². The van der Waals surface area contributed by atoms with Gasteiger partial charge in [0.15, 0.2) is 0 Å². The van der Waals surface area contributed by atoms with Gasteiger partial charge >= 0.3 is 0 Å². The van der Waals surface area contributed by atoms with Crippen LogP contribution in [0.15, 0.2) is 29.3 Å². The van der Waals surface area contributed by atoms with Crippen LogP contribution < -0.4 is 5.73 Å². The fourth-order valence-electron chi connectivity index (χ4n) is 2.07. The topological polar surface area (TPSA) is 72.5 Å². The minimum Gasteiger partial charge on any atom is -0.383 e. The number of nitrogens with one attached hydrogen (secondary N) is 1. The molecular formula is C12H13N5S. The lowest BCUT2D eigenvalue weighted by Crippen LogP contribution is -1.96. The number of thioether (sulfide) groups is 1. The Bertz CT molecular complexity index is 712. The maximum Gasteiger partial charge on any atom is 0.147 e. The minimum atomic E-state index is 0.553. The zero-order valence-corrected chi connectivity index (χ0v) is 11.0. The number of nitrogens with zero attached hydrogens (tertiary/aromatic N) is 3. The van der Waals surface area contributed by atoms with Gasteiger partial charge in [0, 0.05) is 7.05 Å². The number of para-hydroxylation sites is 2. The van der Waals surface area contributed by atoms with E-state index in [0.29, 0.717) is 5.82 Å². The summed E-state index contributed by atoms with van der Waals surface area (Å²) in [5, 5.41) is 7.86. The summed E-state index contributed by atoms with van der Waals surface area (Å²) in [5.41, 5.74) is 8.88. The molecule has 6 heteroatoms. The van der Waals surface area contributed by atoms with Crippen LogP contribution in [0.4, 0.5) is 5.82 Å². The second kappa shape index (κ2) is 4.06. The molecule has 3 rings (SSSR count). The first-order valence-electron chi connectivity index (χ1n) is 5.52. The Morgan fingerprint density at radius 2 is 2.11 bits per heavy atom. The molecule has 1 aromatic carbocycles. The lowest BCUT2D eigenvalue weighted by Gasteiger charge is -2.02. The van der Waals surface area contributed by atoms with E-state index in [1.165, 1.54) is 0 Å². The number of hydrogen-bond acceptors (Lipinski definition) is 4. The van der Waals surface area contributed by atoms with Gasteiger partial charge in [-0.1, -0.05) is 12.1 Å². The average molecular weight is 259 g/mol. The van der Waals surface area contributed by atoms with E-state index in [2.05, 4.69) is 15.2 Å². The third kappa shape index (κ3) is 1.49. The molecule has 0 aliphatic heterocycles. The first-order chi connectivity index (χ1) is 8.72. The number of anilines is 1. The van der Waals surface area contributed by atoms with Crippen LogP contribution in [-0.2, 0) is 7.05 Å². The first kappa shape index (κ1) is 11.2. The van der Waals surface area contributed by atoms with Crippen LogP contribution in [0.1, 0.15) is 0 Å². The second-order valence-corrected chi connectivity index (χ2v) is 4.80. The molecule has 2 heterocycles. The van der Waals surface area contributed by atoms with Gasteiger partial charge in [0.05, 0.1) is 16.6 Å². The van der Waals surface area contributed by atoms with E-state index < -0.39 is 0 Å². The van der Waals surface area contributed by atoms with Crippen molar-refractivity contribution < 1.29 is 0 Å². The highest BCUT2D eigenvalue weighted by molar-refractivity contribution is 7.98. The number of aryl methyl sites for hydroxylation is 1. The van der Waals surface area contributed by atoms with Gasteiger partial charge in [0.2, 0.25) is 0 Å². The highest BCUT2D eigenvalue weighted by Crippen LogP contribution is 2.33. The molecule has 18 heavy (non-hydrogen) atoms. The van der Waals surface area contributed by atoms with Crippen LogP contribution in [0.5, 0.6) is 0 Å². The van der Waals surface area contributed by atoms with Crippen LogP contribution in [-0.4, -0.2) is 26.0 Å². The molecule has 0 atom stereocenters. The second-order valence-electron chi connectivity index (χ2n) is 4.00.